The zero-order chi connectivity index (χ0) is 24.7. The number of likely N-dealkylation sites (tertiary alicyclic amines) is 1. The van der Waals surface area contributed by atoms with Crippen LogP contribution in [0.1, 0.15) is 66.3 Å². The van der Waals surface area contributed by atoms with Gasteiger partial charge in [0.25, 0.3) is 5.91 Å². The monoisotopic (exact) mass is 486 g/mol. The van der Waals surface area contributed by atoms with Crippen molar-refractivity contribution in [2.45, 2.75) is 70.6 Å². The number of ether oxygens (including phenoxy) is 1. The Morgan fingerprint density at radius 1 is 1.03 bits per heavy atom. The minimum absolute atomic E-state index is 0.0197. The first-order chi connectivity index (χ1) is 16.8. The van der Waals surface area contributed by atoms with E-state index < -0.39 is 11.6 Å². The summed E-state index contributed by atoms with van der Waals surface area (Å²) in [6.07, 6.45) is 3.94. The SMILES string of the molecule is C[C@@H]1CN(C(=O)c2nn(CC(=O)N3CCC(c4ccc(F)c(F)c4)CC3)c3c2CCC3)C[C@H](C)O1. The predicted molar refractivity (Wildman–Crippen MR) is 125 cm³/mol. The van der Waals surface area contributed by atoms with Gasteiger partial charge in [-0.2, -0.15) is 5.10 Å². The fourth-order valence-electron chi connectivity index (χ4n) is 5.76. The van der Waals surface area contributed by atoms with Gasteiger partial charge in [0.15, 0.2) is 17.3 Å². The van der Waals surface area contributed by atoms with Gasteiger partial charge in [0.05, 0.1) is 12.2 Å². The molecule has 188 valence electrons. The number of hydrogen-bond acceptors (Lipinski definition) is 4. The largest absolute Gasteiger partial charge is 0.372 e. The zero-order valence-corrected chi connectivity index (χ0v) is 20.3. The molecule has 7 nitrogen and oxygen atoms in total. The molecule has 3 aliphatic rings. The van der Waals surface area contributed by atoms with Crippen molar-refractivity contribution >= 4 is 11.8 Å². The average Bonchev–Trinajstić information content (AvgIpc) is 3.44. The van der Waals surface area contributed by atoms with Gasteiger partial charge in [-0.15, -0.1) is 0 Å². The van der Waals surface area contributed by atoms with E-state index in [2.05, 4.69) is 5.10 Å². The van der Waals surface area contributed by atoms with E-state index in [0.29, 0.717) is 44.7 Å². The Kier molecular flexibility index (Phi) is 6.61. The van der Waals surface area contributed by atoms with Crippen LogP contribution in [-0.4, -0.2) is 69.8 Å². The van der Waals surface area contributed by atoms with Crippen molar-refractivity contribution in [1.29, 1.82) is 0 Å². The minimum atomic E-state index is -0.844. The maximum absolute atomic E-state index is 13.6. The number of carbonyl (C=O) groups excluding carboxylic acids is 2. The molecule has 2 fully saturated rings. The summed E-state index contributed by atoms with van der Waals surface area (Å²) >= 11 is 0. The van der Waals surface area contributed by atoms with Gasteiger partial charge < -0.3 is 14.5 Å². The van der Waals surface area contributed by atoms with Gasteiger partial charge in [-0.05, 0) is 69.6 Å². The lowest BCUT2D eigenvalue weighted by Crippen LogP contribution is -2.48. The number of halogens is 2. The van der Waals surface area contributed by atoms with Crippen molar-refractivity contribution in [1.82, 2.24) is 19.6 Å². The van der Waals surface area contributed by atoms with Gasteiger partial charge in [0.1, 0.15) is 6.54 Å². The van der Waals surface area contributed by atoms with Crippen LogP contribution in [0, 0.1) is 11.6 Å². The van der Waals surface area contributed by atoms with Gasteiger partial charge in [-0.1, -0.05) is 6.07 Å². The van der Waals surface area contributed by atoms with E-state index in [1.165, 1.54) is 6.07 Å². The number of fused-ring (bicyclic) bond motifs is 1. The molecule has 2 atom stereocenters. The molecule has 0 spiro atoms. The van der Waals surface area contributed by atoms with E-state index in [9.17, 15) is 18.4 Å². The lowest BCUT2D eigenvalue weighted by Gasteiger charge is -2.35. The van der Waals surface area contributed by atoms with Crippen LogP contribution >= 0.6 is 0 Å². The number of aromatic nitrogens is 2. The highest BCUT2D eigenvalue weighted by Gasteiger charge is 2.33. The fraction of sp³-hybridized carbons (Fsp3) is 0.577. The normalized spacial score (nSPS) is 23.0. The molecule has 0 saturated carbocycles. The molecule has 1 aliphatic carbocycles. The molecule has 0 unspecified atom stereocenters. The maximum Gasteiger partial charge on any atom is 0.274 e. The molecule has 2 aromatic rings. The van der Waals surface area contributed by atoms with Gasteiger partial charge in [0, 0.05) is 37.4 Å². The topological polar surface area (TPSA) is 67.7 Å². The number of carbonyl (C=O) groups is 2. The number of piperidine rings is 1. The summed E-state index contributed by atoms with van der Waals surface area (Å²) in [5, 5.41) is 4.63. The third-order valence-corrected chi connectivity index (χ3v) is 7.46. The number of hydrogen-bond donors (Lipinski definition) is 0. The van der Waals surface area contributed by atoms with Crippen LogP contribution in [0.25, 0.3) is 0 Å². The molecule has 5 rings (SSSR count). The Hall–Kier alpha value is -2.81. The van der Waals surface area contributed by atoms with E-state index in [1.54, 1.807) is 10.7 Å². The Morgan fingerprint density at radius 2 is 1.74 bits per heavy atom. The van der Waals surface area contributed by atoms with E-state index in [0.717, 1.165) is 42.1 Å². The molecule has 2 aliphatic heterocycles. The molecule has 2 amide bonds. The smallest absolute Gasteiger partial charge is 0.274 e. The Morgan fingerprint density at radius 3 is 2.43 bits per heavy atom. The average molecular weight is 487 g/mol. The Balaban J connectivity index is 1.25. The van der Waals surface area contributed by atoms with Crippen LogP contribution in [0.15, 0.2) is 18.2 Å². The summed E-state index contributed by atoms with van der Waals surface area (Å²) in [4.78, 5) is 30.1. The lowest BCUT2D eigenvalue weighted by atomic mass is 9.89. The Labute approximate surface area is 204 Å². The highest BCUT2D eigenvalue weighted by atomic mass is 19.2. The first-order valence-corrected chi connectivity index (χ1v) is 12.6. The van der Waals surface area contributed by atoms with Gasteiger partial charge >= 0.3 is 0 Å². The summed E-state index contributed by atoms with van der Waals surface area (Å²) in [6, 6.07) is 4.05. The fourth-order valence-corrected chi connectivity index (χ4v) is 5.76. The lowest BCUT2D eigenvalue weighted by molar-refractivity contribution is -0.133. The first-order valence-electron chi connectivity index (χ1n) is 12.6. The van der Waals surface area contributed by atoms with Crippen LogP contribution in [0.3, 0.4) is 0 Å². The van der Waals surface area contributed by atoms with E-state index in [1.807, 2.05) is 23.6 Å². The predicted octanol–water partition coefficient (Wildman–Crippen LogP) is 3.31. The molecule has 3 heterocycles. The summed E-state index contributed by atoms with van der Waals surface area (Å²) in [5.74, 6) is -1.68. The first kappa shape index (κ1) is 23.9. The van der Waals surface area contributed by atoms with Gasteiger partial charge in [0.2, 0.25) is 5.91 Å². The molecule has 2 saturated heterocycles. The third kappa shape index (κ3) is 4.83. The number of nitrogens with zero attached hydrogens (tertiary/aromatic N) is 4. The molecule has 35 heavy (non-hydrogen) atoms. The molecule has 0 radical (unpaired) electrons. The molecule has 0 bridgehead atoms. The quantitative estimate of drug-likeness (QED) is 0.665. The zero-order valence-electron chi connectivity index (χ0n) is 20.3. The molecule has 9 heteroatoms. The molecule has 1 aromatic carbocycles. The van der Waals surface area contributed by atoms with Gasteiger partial charge in [-0.25, -0.2) is 8.78 Å². The number of benzene rings is 1. The third-order valence-electron chi connectivity index (χ3n) is 7.46. The number of amides is 2. The van der Waals surface area contributed by atoms with Crippen LogP contribution in [0.4, 0.5) is 8.78 Å². The summed E-state index contributed by atoms with van der Waals surface area (Å²) in [5.41, 5.74) is 3.22. The molecular weight excluding hydrogens is 454 g/mol. The van der Waals surface area contributed by atoms with Crippen molar-refractivity contribution in [2.75, 3.05) is 26.2 Å². The minimum Gasteiger partial charge on any atom is -0.372 e. The van der Waals surface area contributed by atoms with Crippen molar-refractivity contribution < 1.29 is 23.1 Å². The second-order valence-electron chi connectivity index (χ2n) is 10.1. The molecular formula is C26H32F2N4O3. The second kappa shape index (κ2) is 9.68. The molecule has 0 N–H and O–H groups in total. The number of rotatable bonds is 4. The van der Waals surface area contributed by atoms with Crippen LogP contribution in [-0.2, 0) is 28.9 Å². The van der Waals surface area contributed by atoms with Gasteiger partial charge in [-0.3, -0.25) is 14.3 Å². The highest BCUT2D eigenvalue weighted by molar-refractivity contribution is 5.94. The van der Waals surface area contributed by atoms with Crippen LogP contribution in [0.5, 0.6) is 0 Å². The van der Waals surface area contributed by atoms with Crippen molar-refractivity contribution in [2.24, 2.45) is 0 Å². The molecule has 1 aromatic heterocycles. The van der Waals surface area contributed by atoms with Crippen molar-refractivity contribution in [3.8, 4) is 0 Å². The Bertz CT molecular complexity index is 1120. The summed E-state index contributed by atoms with van der Waals surface area (Å²) < 4.78 is 34.4. The van der Waals surface area contributed by atoms with E-state index in [4.69, 9.17) is 4.74 Å². The van der Waals surface area contributed by atoms with Crippen molar-refractivity contribution in [3.63, 3.8) is 0 Å². The second-order valence-corrected chi connectivity index (χ2v) is 10.1. The summed E-state index contributed by atoms with van der Waals surface area (Å²) in [6.45, 7) is 6.23. The van der Waals surface area contributed by atoms with E-state index >= 15 is 0 Å². The van der Waals surface area contributed by atoms with Crippen LogP contribution < -0.4 is 0 Å². The van der Waals surface area contributed by atoms with Crippen molar-refractivity contribution in [3.05, 3.63) is 52.3 Å². The summed E-state index contributed by atoms with van der Waals surface area (Å²) in [7, 11) is 0. The maximum atomic E-state index is 13.6. The number of morpholine rings is 1. The highest BCUT2D eigenvalue weighted by Crippen LogP contribution is 2.30. The standard InChI is InChI=1S/C26H32F2N4O3/c1-16-13-31(14-17(2)35-16)26(34)25-20-4-3-5-23(20)32(29-25)15-24(33)30-10-8-18(9-11-30)19-6-7-21(27)22(28)12-19/h6-7,12,16-18H,3-5,8-11,13-15H2,1-2H3/t16-,17+. The van der Waals surface area contributed by atoms with Crippen LogP contribution in [0.2, 0.25) is 0 Å². The van der Waals surface area contributed by atoms with E-state index in [-0.39, 0.29) is 36.5 Å².